The van der Waals surface area contributed by atoms with E-state index < -0.39 is 0 Å². The molecule has 1 amide bonds. The van der Waals surface area contributed by atoms with Crippen molar-refractivity contribution in [1.29, 1.82) is 0 Å². The highest BCUT2D eigenvalue weighted by Gasteiger charge is 2.21. The summed E-state index contributed by atoms with van der Waals surface area (Å²) in [5.74, 6) is 0.534. The first kappa shape index (κ1) is 18.2. The molecule has 0 radical (unpaired) electrons. The van der Waals surface area contributed by atoms with Crippen LogP contribution in [0.25, 0.3) is 0 Å². The van der Waals surface area contributed by atoms with Crippen LogP contribution in [0.1, 0.15) is 35.9 Å². The van der Waals surface area contributed by atoms with Crippen molar-refractivity contribution < 1.29 is 4.79 Å². The van der Waals surface area contributed by atoms with Gasteiger partial charge in [-0.05, 0) is 31.5 Å². The molecule has 0 aliphatic carbocycles. The third kappa shape index (κ3) is 4.50. The van der Waals surface area contributed by atoms with E-state index in [1.807, 2.05) is 13.0 Å². The number of para-hydroxylation sites is 1. The van der Waals surface area contributed by atoms with Gasteiger partial charge in [0.15, 0.2) is 0 Å². The van der Waals surface area contributed by atoms with Crippen LogP contribution in [0, 0.1) is 6.92 Å². The van der Waals surface area contributed by atoms with Crippen molar-refractivity contribution in [2.24, 2.45) is 0 Å². The molecule has 6 heteroatoms. The molecule has 1 fully saturated rings. The van der Waals surface area contributed by atoms with Gasteiger partial charge in [0.2, 0.25) is 5.95 Å². The molecule has 138 valence electrons. The van der Waals surface area contributed by atoms with E-state index in [9.17, 15) is 4.79 Å². The Balaban J connectivity index is 1.65. The third-order valence-corrected chi connectivity index (χ3v) is 4.57. The quantitative estimate of drug-likeness (QED) is 0.809. The predicted molar refractivity (Wildman–Crippen MR) is 105 cm³/mol. The molecule has 0 saturated carbocycles. The van der Waals surface area contributed by atoms with Crippen molar-refractivity contribution in [2.45, 2.75) is 26.7 Å². The SMILES string of the molecule is CCCCNC(=O)c1cc(C)nc(N2CCN(c3ccccc3)CC2)n1. The number of anilines is 2. The third-order valence-electron chi connectivity index (χ3n) is 4.57. The second kappa shape index (κ2) is 8.65. The van der Waals surface area contributed by atoms with Gasteiger partial charge in [-0.3, -0.25) is 4.79 Å². The number of carbonyl (C=O) groups excluding carboxylic acids is 1. The van der Waals surface area contributed by atoms with Crippen LogP contribution in [0.4, 0.5) is 11.6 Å². The number of rotatable bonds is 6. The second-order valence-electron chi connectivity index (χ2n) is 6.61. The predicted octanol–water partition coefficient (Wildman–Crippen LogP) is 2.64. The zero-order valence-corrected chi connectivity index (χ0v) is 15.6. The second-order valence-corrected chi connectivity index (χ2v) is 6.61. The minimum absolute atomic E-state index is 0.117. The van der Waals surface area contributed by atoms with Crippen LogP contribution in [0.15, 0.2) is 36.4 Å². The fraction of sp³-hybridized carbons (Fsp3) is 0.450. The maximum Gasteiger partial charge on any atom is 0.270 e. The summed E-state index contributed by atoms with van der Waals surface area (Å²) in [6.07, 6.45) is 2.03. The average molecular weight is 353 g/mol. The average Bonchev–Trinajstić information content (AvgIpc) is 2.68. The number of aryl methyl sites for hydroxylation is 1. The summed E-state index contributed by atoms with van der Waals surface area (Å²) in [5, 5.41) is 2.93. The highest BCUT2D eigenvalue weighted by molar-refractivity contribution is 5.92. The minimum atomic E-state index is -0.117. The van der Waals surface area contributed by atoms with E-state index in [1.165, 1.54) is 5.69 Å². The minimum Gasteiger partial charge on any atom is -0.368 e. The molecule has 0 bridgehead atoms. The zero-order valence-electron chi connectivity index (χ0n) is 15.6. The molecule has 1 N–H and O–H groups in total. The summed E-state index contributed by atoms with van der Waals surface area (Å²) in [5.41, 5.74) is 2.52. The number of hydrogen-bond acceptors (Lipinski definition) is 5. The van der Waals surface area contributed by atoms with Gasteiger partial charge in [0.1, 0.15) is 5.69 Å². The van der Waals surface area contributed by atoms with E-state index in [2.05, 4.69) is 56.3 Å². The van der Waals surface area contributed by atoms with E-state index >= 15 is 0 Å². The van der Waals surface area contributed by atoms with E-state index in [-0.39, 0.29) is 5.91 Å². The Bertz CT molecular complexity index is 726. The van der Waals surface area contributed by atoms with Crippen molar-refractivity contribution in [3.63, 3.8) is 0 Å². The van der Waals surface area contributed by atoms with Gasteiger partial charge >= 0.3 is 0 Å². The molecule has 1 aliphatic rings. The molecule has 0 spiro atoms. The normalized spacial score (nSPS) is 14.4. The standard InChI is InChI=1S/C20H27N5O/c1-3-4-10-21-19(26)18-15-16(2)22-20(23-18)25-13-11-24(12-14-25)17-8-6-5-7-9-17/h5-9,15H,3-4,10-14H2,1-2H3,(H,21,26). The molecule has 0 atom stereocenters. The van der Waals surface area contributed by atoms with Crippen molar-refractivity contribution in [3.8, 4) is 0 Å². The number of carbonyl (C=O) groups is 1. The van der Waals surface area contributed by atoms with Crippen LogP contribution in [-0.2, 0) is 0 Å². The van der Waals surface area contributed by atoms with E-state index in [4.69, 9.17) is 0 Å². The number of hydrogen-bond donors (Lipinski definition) is 1. The maximum atomic E-state index is 12.3. The summed E-state index contributed by atoms with van der Waals surface area (Å²) in [4.78, 5) is 25.9. The van der Waals surface area contributed by atoms with Crippen LogP contribution < -0.4 is 15.1 Å². The first-order valence-corrected chi connectivity index (χ1v) is 9.36. The first-order chi connectivity index (χ1) is 12.7. The molecule has 1 aromatic carbocycles. The summed E-state index contributed by atoms with van der Waals surface area (Å²) in [6.45, 7) is 8.22. The molecule has 1 aliphatic heterocycles. The van der Waals surface area contributed by atoms with E-state index in [0.717, 1.165) is 44.7 Å². The molecule has 2 aromatic rings. The van der Waals surface area contributed by atoms with Crippen LogP contribution in [-0.4, -0.2) is 48.6 Å². The lowest BCUT2D eigenvalue weighted by atomic mass is 10.2. The van der Waals surface area contributed by atoms with Crippen molar-refractivity contribution in [2.75, 3.05) is 42.5 Å². The van der Waals surface area contributed by atoms with Crippen LogP contribution in [0.5, 0.6) is 0 Å². The fourth-order valence-corrected chi connectivity index (χ4v) is 3.08. The molecular formula is C20H27N5O. The molecule has 6 nitrogen and oxygen atoms in total. The Morgan fingerprint density at radius 2 is 1.77 bits per heavy atom. The summed E-state index contributed by atoms with van der Waals surface area (Å²) < 4.78 is 0. The molecule has 2 heterocycles. The largest absolute Gasteiger partial charge is 0.368 e. The molecule has 1 aromatic heterocycles. The van der Waals surface area contributed by atoms with Gasteiger partial charge in [-0.1, -0.05) is 31.5 Å². The van der Waals surface area contributed by atoms with Gasteiger partial charge in [-0.2, -0.15) is 0 Å². The van der Waals surface area contributed by atoms with Gasteiger partial charge < -0.3 is 15.1 Å². The van der Waals surface area contributed by atoms with Gasteiger partial charge in [0.25, 0.3) is 5.91 Å². The van der Waals surface area contributed by atoms with Crippen molar-refractivity contribution in [3.05, 3.63) is 47.8 Å². The van der Waals surface area contributed by atoms with Gasteiger partial charge in [-0.25, -0.2) is 9.97 Å². The fourth-order valence-electron chi connectivity index (χ4n) is 3.08. The lowest BCUT2D eigenvalue weighted by Gasteiger charge is -2.36. The number of aromatic nitrogens is 2. The molecular weight excluding hydrogens is 326 g/mol. The number of piperazine rings is 1. The van der Waals surface area contributed by atoms with Crippen LogP contribution in [0.2, 0.25) is 0 Å². The molecule has 1 saturated heterocycles. The summed E-state index contributed by atoms with van der Waals surface area (Å²) >= 11 is 0. The maximum absolute atomic E-state index is 12.3. The first-order valence-electron chi connectivity index (χ1n) is 9.36. The number of unbranched alkanes of at least 4 members (excludes halogenated alkanes) is 1. The van der Waals surface area contributed by atoms with Gasteiger partial charge in [0.05, 0.1) is 0 Å². The van der Waals surface area contributed by atoms with Crippen molar-refractivity contribution in [1.82, 2.24) is 15.3 Å². The Hall–Kier alpha value is -2.63. The smallest absolute Gasteiger partial charge is 0.270 e. The van der Waals surface area contributed by atoms with E-state index in [1.54, 1.807) is 6.07 Å². The van der Waals surface area contributed by atoms with Crippen molar-refractivity contribution >= 4 is 17.5 Å². The monoisotopic (exact) mass is 353 g/mol. The lowest BCUT2D eigenvalue weighted by molar-refractivity contribution is 0.0948. The molecule has 0 unspecified atom stereocenters. The number of nitrogens with one attached hydrogen (secondary N) is 1. The molecule has 26 heavy (non-hydrogen) atoms. The number of benzene rings is 1. The lowest BCUT2D eigenvalue weighted by Crippen LogP contribution is -2.47. The highest BCUT2D eigenvalue weighted by atomic mass is 16.1. The van der Waals surface area contributed by atoms with Crippen LogP contribution in [0.3, 0.4) is 0 Å². The Morgan fingerprint density at radius 1 is 1.08 bits per heavy atom. The summed E-state index contributed by atoms with van der Waals surface area (Å²) in [7, 11) is 0. The Morgan fingerprint density at radius 3 is 2.46 bits per heavy atom. The Labute approximate surface area is 155 Å². The number of amides is 1. The Kier molecular flexibility index (Phi) is 6.04. The zero-order chi connectivity index (χ0) is 18.4. The molecule has 3 rings (SSSR count). The van der Waals surface area contributed by atoms with Crippen LogP contribution >= 0.6 is 0 Å². The van der Waals surface area contributed by atoms with E-state index in [0.29, 0.717) is 18.2 Å². The summed E-state index contributed by atoms with van der Waals surface area (Å²) in [6, 6.07) is 12.2. The van der Waals surface area contributed by atoms with Gasteiger partial charge in [0, 0.05) is 44.1 Å². The highest BCUT2D eigenvalue weighted by Crippen LogP contribution is 2.18. The number of nitrogens with zero attached hydrogens (tertiary/aromatic N) is 4. The topological polar surface area (TPSA) is 61.4 Å². The van der Waals surface area contributed by atoms with Gasteiger partial charge in [-0.15, -0.1) is 0 Å².